The van der Waals surface area contributed by atoms with Gasteiger partial charge in [0.15, 0.2) is 0 Å². The van der Waals surface area contributed by atoms with Crippen molar-refractivity contribution in [2.24, 2.45) is 0 Å². The number of halogens is 1. The topological polar surface area (TPSA) is 0 Å². The Labute approximate surface area is 172 Å². The van der Waals surface area contributed by atoms with Crippen molar-refractivity contribution in [3.63, 3.8) is 0 Å². The molecule has 1 unspecified atom stereocenters. The van der Waals surface area contributed by atoms with Crippen molar-refractivity contribution in [3.05, 3.63) is 35.9 Å². The van der Waals surface area contributed by atoms with Crippen LogP contribution in [0.4, 0.5) is 0 Å². The Kier molecular flexibility index (Phi) is 17.1. The molecular formula is C24H42AsCl. The summed E-state index contributed by atoms with van der Waals surface area (Å²) in [5, 5.41) is 2.59. The first-order valence-electron chi connectivity index (χ1n) is 11.3. The molecule has 0 nitrogen and oxygen atoms in total. The van der Waals surface area contributed by atoms with E-state index in [4.69, 9.17) is 9.95 Å². The average molecular weight is 441 g/mol. The van der Waals surface area contributed by atoms with E-state index in [1.807, 2.05) is 0 Å². The Morgan fingerprint density at radius 3 is 1.58 bits per heavy atom. The summed E-state index contributed by atoms with van der Waals surface area (Å²) in [6, 6.07) is 10.8. The van der Waals surface area contributed by atoms with Crippen molar-refractivity contribution in [1.82, 2.24) is 0 Å². The summed E-state index contributed by atoms with van der Waals surface area (Å²) in [5.74, 6) is 0. The predicted octanol–water partition coefficient (Wildman–Crippen LogP) is 8.94. The molecule has 1 atom stereocenters. The molecule has 0 fully saturated rings. The van der Waals surface area contributed by atoms with Crippen LogP contribution < -0.4 is 0 Å². The average Bonchev–Trinajstić information content (AvgIpc) is 2.67. The van der Waals surface area contributed by atoms with E-state index in [0.717, 1.165) is 0 Å². The van der Waals surface area contributed by atoms with Gasteiger partial charge in [-0.1, -0.05) is 26.2 Å². The van der Waals surface area contributed by atoms with Gasteiger partial charge in [0.05, 0.1) is 0 Å². The van der Waals surface area contributed by atoms with Crippen LogP contribution in [0.3, 0.4) is 0 Å². The zero-order valence-electron chi connectivity index (χ0n) is 17.2. The van der Waals surface area contributed by atoms with Crippen LogP contribution in [-0.2, 0) is 6.42 Å². The van der Waals surface area contributed by atoms with Crippen molar-refractivity contribution in [1.29, 1.82) is 0 Å². The molecule has 0 aliphatic rings. The number of benzene rings is 1. The Morgan fingerprint density at radius 2 is 1.08 bits per heavy atom. The molecule has 0 heterocycles. The van der Waals surface area contributed by atoms with Gasteiger partial charge >= 0.3 is 147 Å². The molecule has 0 saturated carbocycles. The molecule has 0 bridgehead atoms. The Morgan fingerprint density at radius 1 is 0.615 bits per heavy atom. The third-order valence-corrected chi connectivity index (χ3v) is 10.2. The van der Waals surface area contributed by atoms with Crippen LogP contribution in [0.1, 0.15) is 102 Å². The van der Waals surface area contributed by atoms with Crippen LogP contribution in [0.25, 0.3) is 0 Å². The van der Waals surface area contributed by atoms with Crippen LogP contribution in [0.15, 0.2) is 30.3 Å². The number of hydrogen-bond donors (Lipinski definition) is 0. The quantitative estimate of drug-likeness (QED) is 0.158. The second-order valence-corrected chi connectivity index (χ2v) is 14.0. The summed E-state index contributed by atoms with van der Waals surface area (Å²) in [4.78, 5) is 0. The van der Waals surface area contributed by atoms with E-state index in [1.54, 1.807) is 0 Å². The normalized spacial score (nSPS) is 12.4. The molecule has 0 N–H and O–H groups in total. The maximum atomic E-state index is 6.63. The molecule has 0 radical (unpaired) electrons. The number of hydrogen-bond acceptors (Lipinski definition) is 0. The summed E-state index contributed by atoms with van der Waals surface area (Å²) in [7, 11) is 6.63. The third kappa shape index (κ3) is 15.2. The van der Waals surface area contributed by atoms with Crippen molar-refractivity contribution >= 4 is 23.7 Å². The molecule has 0 saturated heterocycles. The van der Waals surface area contributed by atoms with Crippen LogP contribution >= 0.6 is 9.95 Å². The van der Waals surface area contributed by atoms with Gasteiger partial charge in [0, 0.05) is 0 Å². The van der Waals surface area contributed by atoms with Crippen molar-refractivity contribution in [2.45, 2.75) is 114 Å². The second kappa shape index (κ2) is 18.4. The van der Waals surface area contributed by atoms with Gasteiger partial charge in [0.25, 0.3) is 0 Å². The summed E-state index contributed by atoms with van der Waals surface area (Å²) >= 11 is -1.06. The third-order valence-electron chi connectivity index (χ3n) is 5.24. The molecule has 0 aliphatic heterocycles. The van der Waals surface area contributed by atoms with E-state index in [0.29, 0.717) is 0 Å². The van der Waals surface area contributed by atoms with E-state index in [2.05, 4.69) is 37.3 Å². The Hall–Kier alpha value is 0.0684. The van der Waals surface area contributed by atoms with Gasteiger partial charge in [-0.2, -0.15) is 0 Å². The predicted molar refractivity (Wildman–Crippen MR) is 122 cm³/mol. The van der Waals surface area contributed by atoms with Crippen molar-refractivity contribution in [2.75, 3.05) is 0 Å². The van der Waals surface area contributed by atoms with Crippen LogP contribution in [0.5, 0.6) is 0 Å². The fourth-order valence-corrected chi connectivity index (χ4v) is 7.25. The molecular weight excluding hydrogens is 399 g/mol. The zero-order valence-corrected chi connectivity index (χ0v) is 19.9. The van der Waals surface area contributed by atoms with Crippen LogP contribution in [0, 0.1) is 0 Å². The minimum atomic E-state index is -1.06. The molecule has 1 aromatic rings. The van der Waals surface area contributed by atoms with Gasteiger partial charge in [-0.05, 0) is 0 Å². The fourth-order valence-electron chi connectivity index (χ4n) is 3.48. The van der Waals surface area contributed by atoms with Gasteiger partial charge in [-0.15, -0.1) is 0 Å². The van der Waals surface area contributed by atoms with Gasteiger partial charge in [-0.25, -0.2) is 0 Å². The summed E-state index contributed by atoms with van der Waals surface area (Å²) < 4.78 is 0. The molecule has 1 rings (SSSR count). The van der Waals surface area contributed by atoms with Gasteiger partial charge in [-0.3, -0.25) is 0 Å². The van der Waals surface area contributed by atoms with Gasteiger partial charge < -0.3 is 0 Å². The molecule has 0 spiro atoms. The van der Waals surface area contributed by atoms with E-state index < -0.39 is 13.7 Å². The van der Waals surface area contributed by atoms with E-state index in [9.17, 15) is 0 Å². The van der Waals surface area contributed by atoms with E-state index in [1.165, 1.54) is 112 Å². The second-order valence-electron chi connectivity index (χ2n) is 7.74. The maximum absolute atomic E-state index is 6.63. The van der Waals surface area contributed by atoms with Gasteiger partial charge in [0.1, 0.15) is 0 Å². The zero-order chi connectivity index (χ0) is 18.7. The molecule has 1 aromatic carbocycles. The SMILES string of the molecule is CCCCCCCCCCCCCCCC[As](Cl)CCc1ccccc1. The number of unbranched alkanes of at least 4 members (excludes halogenated alkanes) is 13. The molecule has 0 aromatic heterocycles. The summed E-state index contributed by atoms with van der Waals surface area (Å²) in [6.45, 7) is 2.29. The summed E-state index contributed by atoms with van der Waals surface area (Å²) in [6.07, 6.45) is 21.3. The Balaban J connectivity index is 1.77. The first-order chi connectivity index (χ1) is 12.8. The standard InChI is InChI=1S/C24H42AsCl/c1-2-3-4-5-6-7-8-9-10-11-12-13-14-18-22-25(26)23-21-24-19-16-15-17-20-24/h15-17,19-20H,2-14,18,21-23H2,1H3. The first kappa shape index (κ1) is 24.1. The fraction of sp³-hybridized carbons (Fsp3) is 0.750. The van der Waals surface area contributed by atoms with E-state index in [-0.39, 0.29) is 0 Å². The number of aryl methyl sites for hydroxylation is 1. The summed E-state index contributed by atoms with van der Waals surface area (Å²) in [5.41, 5.74) is 1.45. The number of rotatable bonds is 18. The molecule has 2 heteroatoms. The monoisotopic (exact) mass is 440 g/mol. The van der Waals surface area contributed by atoms with Crippen LogP contribution in [-0.4, -0.2) is 13.7 Å². The first-order valence-corrected chi connectivity index (χ1v) is 16.4. The van der Waals surface area contributed by atoms with E-state index >= 15 is 0 Å². The Bertz CT molecular complexity index is 392. The molecule has 0 amide bonds. The van der Waals surface area contributed by atoms with Gasteiger partial charge in [0.2, 0.25) is 0 Å². The molecule has 0 aliphatic carbocycles. The molecule has 150 valence electrons. The van der Waals surface area contributed by atoms with Crippen molar-refractivity contribution in [3.8, 4) is 0 Å². The van der Waals surface area contributed by atoms with Crippen LogP contribution in [0.2, 0.25) is 10.4 Å². The molecule has 26 heavy (non-hydrogen) atoms. The van der Waals surface area contributed by atoms with Crippen molar-refractivity contribution < 1.29 is 0 Å². The minimum absolute atomic E-state index is 1.06.